The largest absolute Gasteiger partial charge is 0.316 e. The summed E-state index contributed by atoms with van der Waals surface area (Å²) in [5.74, 6) is 0.00338. The molecule has 4 nitrogen and oxygen atoms in total. The second-order valence-corrected chi connectivity index (χ2v) is 5.49. The van der Waals surface area contributed by atoms with E-state index >= 15 is 0 Å². The van der Waals surface area contributed by atoms with E-state index in [4.69, 9.17) is 5.26 Å². The molecule has 1 fully saturated rings. The summed E-state index contributed by atoms with van der Waals surface area (Å²) in [4.78, 5) is 12.2. The van der Waals surface area contributed by atoms with Crippen molar-refractivity contribution in [2.24, 2.45) is 5.41 Å². The van der Waals surface area contributed by atoms with Crippen molar-refractivity contribution >= 4 is 22.2 Å². The van der Waals surface area contributed by atoms with Gasteiger partial charge in [-0.15, -0.1) is 11.3 Å². The van der Waals surface area contributed by atoms with Gasteiger partial charge < -0.3 is 10.6 Å². The van der Waals surface area contributed by atoms with Crippen molar-refractivity contribution in [2.75, 3.05) is 18.4 Å². The first kappa shape index (κ1) is 12.1. The average Bonchev–Trinajstić information content (AvgIpc) is 2.77. The fourth-order valence-corrected chi connectivity index (χ4v) is 2.73. The standard InChI is InChI=1S/C12H15N3OS/c1-12(4-2-5-14-8-12)11(16)15-10-9(7-13)3-6-17-10/h3,6,14H,2,4-5,8H2,1H3,(H,15,16). The Morgan fingerprint density at radius 2 is 2.53 bits per heavy atom. The Kier molecular flexibility index (Phi) is 3.46. The molecule has 0 bridgehead atoms. The van der Waals surface area contributed by atoms with Crippen molar-refractivity contribution in [3.63, 3.8) is 0 Å². The van der Waals surface area contributed by atoms with Crippen molar-refractivity contribution in [1.29, 1.82) is 5.26 Å². The molecule has 0 aliphatic carbocycles. The second-order valence-electron chi connectivity index (χ2n) is 4.57. The van der Waals surface area contributed by atoms with E-state index < -0.39 is 0 Å². The van der Waals surface area contributed by atoms with Crippen molar-refractivity contribution in [3.05, 3.63) is 17.0 Å². The maximum Gasteiger partial charge on any atom is 0.232 e. The molecule has 1 aromatic rings. The van der Waals surface area contributed by atoms with Crippen molar-refractivity contribution in [2.45, 2.75) is 19.8 Å². The SMILES string of the molecule is CC1(C(=O)Nc2sccc2C#N)CCCNC1. The summed E-state index contributed by atoms with van der Waals surface area (Å²) in [5.41, 5.74) is 0.172. The van der Waals surface area contributed by atoms with E-state index in [9.17, 15) is 4.79 Å². The molecule has 0 aromatic carbocycles. The van der Waals surface area contributed by atoms with Crippen molar-refractivity contribution in [1.82, 2.24) is 5.32 Å². The Hall–Kier alpha value is -1.38. The predicted octanol–water partition coefficient (Wildman–Crippen LogP) is 1.95. The molecule has 1 saturated heterocycles. The topological polar surface area (TPSA) is 64.9 Å². The summed E-state index contributed by atoms with van der Waals surface area (Å²) in [6, 6.07) is 3.80. The lowest BCUT2D eigenvalue weighted by Crippen LogP contribution is -2.46. The number of amides is 1. The third-order valence-corrected chi connectivity index (χ3v) is 3.99. The molecule has 1 atom stereocenters. The highest BCUT2D eigenvalue weighted by Gasteiger charge is 2.34. The lowest BCUT2D eigenvalue weighted by Gasteiger charge is -2.32. The first-order chi connectivity index (χ1) is 8.15. The van der Waals surface area contributed by atoms with Gasteiger partial charge in [-0.2, -0.15) is 5.26 Å². The molecule has 1 aromatic heterocycles. The zero-order chi connectivity index (χ0) is 12.3. The molecule has 0 spiro atoms. The highest BCUT2D eigenvalue weighted by Crippen LogP contribution is 2.29. The summed E-state index contributed by atoms with van der Waals surface area (Å²) in [6.07, 6.45) is 1.90. The number of carbonyl (C=O) groups excluding carboxylic acids is 1. The molecular formula is C12H15N3OS. The van der Waals surface area contributed by atoms with Gasteiger partial charge in [-0.05, 0) is 37.8 Å². The molecule has 1 aliphatic heterocycles. The summed E-state index contributed by atoms with van der Waals surface area (Å²) in [7, 11) is 0. The minimum atomic E-state index is -0.366. The van der Waals surface area contributed by atoms with Gasteiger partial charge in [-0.25, -0.2) is 0 Å². The van der Waals surface area contributed by atoms with E-state index in [-0.39, 0.29) is 11.3 Å². The Bertz CT molecular complexity index is 455. The van der Waals surface area contributed by atoms with Crippen LogP contribution < -0.4 is 10.6 Å². The molecule has 0 radical (unpaired) electrons. The van der Waals surface area contributed by atoms with Gasteiger partial charge in [0.15, 0.2) is 0 Å². The average molecular weight is 249 g/mol. The van der Waals surface area contributed by atoms with E-state index in [0.717, 1.165) is 19.4 Å². The first-order valence-corrected chi connectivity index (χ1v) is 6.53. The molecule has 2 N–H and O–H groups in total. The van der Waals surface area contributed by atoms with Gasteiger partial charge >= 0.3 is 0 Å². The number of hydrogen-bond donors (Lipinski definition) is 2. The minimum Gasteiger partial charge on any atom is -0.316 e. The van der Waals surface area contributed by atoms with Crippen LogP contribution in [0.1, 0.15) is 25.3 Å². The maximum absolute atomic E-state index is 12.2. The van der Waals surface area contributed by atoms with Crippen LogP contribution in [0.3, 0.4) is 0 Å². The first-order valence-electron chi connectivity index (χ1n) is 5.65. The monoisotopic (exact) mass is 249 g/mol. The van der Waals surface area contributed by atoms with Gasteiger partial charge in [0.05, 0.1) is 11.0 Å². The summed E-state index contributed by atoms with van der Waals surface area (Å²) in [5, 5.41) is 17.5. The number of piperidine rings is 1. The van der Waals surface area contributed by atoms with Crippen molar-refractivity contribution < 1.29 is 4.79 Å². The molecule has 90 valence electrons. The minimum absolute atomic E-state index is 0.00338. The van der Waals surface area contributed by atoms with E-state index in [0.29, 0.717) is 17.1 Å². The van der Waals surface area contributed by atoms with Crippen LogP contribution in [0.25, 0.3) is 0 Å². The molecule has 0 saturated carbocycles. The predicted molar refractivity (Wildman–Crippen MR) is 67.9 cm³/mol. The molecule has 1 aliphatic rings. The van der Waals surface area contributed by atoms with Crippen LogP contribution in [0, 0.1) is 16.7 Å². The number of nitrogens with one attached hydrogen (secondary N) is 2. The van der Waals surface area contributed by atoms with Crippen LogP contribution >= 0.6 is 11.3 Å². The number of carbonyl (C=O) groups is 1. The maximum atomic E-state index is 12.2. The number of rotatable bonds is 2. The zero-order valence-electron chi connectivity index (χ0n) is 9.75. The molecular weight excluding hydrogens is 234 g/mol. The Balaban J connectivity index is 2.09. The quantitative estimate of drug-likeness (QED) is 0.842. The Labute approximate surface area is 105 Å². The van der Waals surface area contributed by atoms with E-state index in [2.05, 4.69) is 16.7 Å². The smallest absolute Gasteiger partial charge is 0.232 e. The lowest BCUT2D eigenvalue weighted by molar-refractivity contribution is -0.125. The van der Waals surface area contributed by atoms with Crippen LogP contribution in [0.4, 0.5) is 5.00 Å². The lowest BCUT2D eigenvalue weighted by atomic mass is 9.82. The second kappa shape index (κ2) is 4.86. The molecule has 17 heavy (non-hydrogen) atoms. The molecule has 5 heteroatoms. The van der Waals surface area contributed by atoms with Gasteiger partial charge in [0.2, 0.25) is 5.91 Å². The Morgan fingerprint density at radius 1 is 1.71 bits per heavy atom. The number of thiophene rings is 1. The molecule has 2 rings (SSSR count). The van der Waals surface area contributed by atoms with Gasteiger partial charge in [-0.3, -0.25) is 4.79 Å². The van der Waals surface area contributed by atoms with Crippen LogP contribution in [0.2, 0.25) is 0 Å². The van der Waals surface area contributed by atoms with E-state index in [1.807, 2.05) is 12.3 Å². The number of hydrogen-bond acceptors (Lipinski definition) is 4. The van der Waals surface area contributed by atoms with Gasteiger partial charge in [0, 0.05) is 6.54 Å². The number of nitrogens with zero attached hydrogens (tertiary/aromatic N) is 1. The van der Waals surface area contributed by atoms with Crippen LogP contribution in [0.5, 0.6) is 0 Å². The summed E-state index contributed by atoms with van der Waals surface area (Å²) >= 11 is 1.39. The van der Waals surface area contributed by atoms with Crippen LogP contribution in [-0.4, -0.2) is 19.0 Å². The molecule has 2 heterocycles. The van der Waals surface area contributed by atoms with Crippen LogP contribution in [-0.2, 0) is 4.79 Å². The molecule has 1 amide bonds. The van der Waals surface area contributed by atoms with Crippen molar-refractivity contribution in [3.8, 4) is 6.07 Å². The Morgan fingerprint density at radius 3 is 3.18 bits per heavy atom. The summed E-state index contributed by atoms with van der Waals surface area (Å²) < 4.78 is 0. The molecule has 1 unspecified atom stereocenters. The fourth-order valence-electron chi connectivity index (χ4n) is 2.00. The van der Waals surface area contributed by atoms with Gasteiger partial charge in [-0.1, -0.05) is 0 Å². The zero-order valence-corrected chi connectivity index (χ0v) is 10.6. The van der Waals surface area contributed by atoms with E-state index in [1.54, 1.807) is 6.07 Å². The van der Waals surface area contributed by atoms with Crippen LogP contribution in [0.15, 0.2) is 11.4 Å². The highest BCUT2D eigenvalue weighted by atomic mass is 32.1. The van der Waals surface area contributed by atoms with Gasteiger partial charge in [0.1, 0.15) is 11.1 Å². The van der Waals surface area contributed by atoms with E-state index in [1.165, 1.54) is 11.3 Å². The number of nitriles is 1. The third kappa shape index (κ3) is 2.48. The highest BCUT2D eigenvalue weighted by molar-refractivity contribution is 7.14. The number of anilines is 1. The van der Waals surface area contributed by atoms with Gasteiger partial charge in [0.25, 0.3) is 0 Å². The third-order valence-electron chi connectivity index (χ3n) is 3.16. The summed E-state index contributed by atoms with van der Waals surface area (Å²) in [6.45, 7) is 3.64. The normalized spacial score (nSPS) is 24.0. The fraction of sp³-hybridized carbons (Fsp3) is 0.500.